The highest BCUT2D eigenvalue weighted by atomic mass is 16.4. The molecular formula is C11H22O4. The standard InChI is InChI=1S/C11H22O4/c1-10(2,5-6-12)7-8(13)11(3,4)9(14)15/h8,12-13H,5-7H2,1-4H3,(H,14,15). The molecule has 1 atom stereocenters. The maximum Gasteiger partial charge on any atom is 0.311 e. The third-order valence-electron chi connectivity index (χ3n) is 2.92. The van der Waals surface area contributed by atoms with Crippen molar-refractivity contribution in [3.8, 4) is 0 Å². The Balaban J connectivity index is 4.48. The smallest absolute Gasteiger partial charge is 0.311 e. The molecule has 0 aliphatic carbocycles. The molecule has 0 aromatic heterocycles. The minimum atomic E-state index is -1.15. The van der Waals surface area contributed by atoms with Crippen LogP contribution < -0.4 is 0 Å². The molecular weight excluding hydrogens is 196 g/mol. The third-order valence-corrected chi connectivity index (χ3v) is 2.92. The van der Waals surface area contributed by atoms with E-state index in [4.69, 9.17) is 10.2 Å². The summed E-state index contributed by atoms with van der Waals surface area (Å²) in [6.07, 6.45) is 0.0173. The average molecular weight is 218 g/mol. The van der Waals surface area contributed by atoms with Gasteiger partial charge in [-0.15, -0.1) is 0 Å². The van der Waals surface area contributed by atoms with Crippen molar-refractivity contribution in [2.75, 3.05) is 6.61 Å². The molecule has 15 heavy (non-hydrogen) atoms. The molecule has 0 radical (unpaired) electrons. The van der Waals surface area contributed by atoms with E-state index < -0.39 is 17.5 Å². The van der Waals surface area contributed by atoms with Gasteiger partial charge in [0.05, 0.1) is 11.5 Å². The van der Waals surface area contributed by atoms with E-state index in [1.165, 1.54) is 13.8 Å². The van der Waals surface area contributed by atoms with Gasteiger partial charge in [0.15, 0.2) is 0 Å². The second-order valence-electron chi connectivity index (χ2n) is 5.38. The summed E-state index contributed by atoms with van der Waals surface area (Å²) in [6.45, 7) is 6.88. The van der Waals surface area contributed by atoms with Crippen molar-refractivity contribution in [3.05, 3.63) is 0 Å². The zero-order chi connectivity index (χ0) is 12.3. The molecule has 0 saturated carbocycles. The molecule has 0 rings (SSSR count). The lowest BCUT2D eigenvalue weighted by molar-refractivity contribution is -0.154. The van der Waals surface area contributed by atoms with Crippen molar-refractivity contribution in [1.29, 1.82) is 0 Å². The number of aliphatic hydroxyl groups is 2. The summed E-state index contributed by atoms with van der Waals surface area (Å²) < 4.78 is 0. The first-order chi connectivity index (χ1) is 6.63. The van der Waals surface area contributed by atoms with Crippen LogP contribution in [0.5, 0.6) is 0 Å². The van der Waals surface area contributed by atoms with E-state index in [9.17, 15) is 9.90 Å². The minimum absolute atomic E-state index is 0.0488. The Labute approximate surface area is 90.9 Å². The number of aliphatic carboxylic acids is 1. The van der Waals surface area contributed by atoms with Crippen molar-refractivity contribution in [3.63, 3.8) is 0 Å². The molecule has 3 N–H and O–H groups in total. The molecule has 0 amide bonds. The summed E-state index contributed by atoms with van der Waals surface area (Å²) >= 11 is 0. The SMILES string of the molecule is CC(C)(CCO)CC(O)C(C)(C)C(=O)O. The van der Waals surface area contributed by atoms with E-state index in [-0.39, 0.29) is 12.0 Å². The van der Waals surface area contributed by atoms with Gasteiger partial charge in [-0.1, -0.05) is 13.8 Å². The zero-order valence-corrected chi connectivity index (χ0v) is 9.95. The maximum atomic E-state index is 10.9. The highest BCUT2D eigenvalue weighted by molar-refractivity contribution is 5.74. The van der Waals surface area contributed by atoms with Crippen molar-refractivity contribution < 1.29 is 20.1 Å². The van der Waals surface area contributed by atoms with Gasteiger partial charge in [0.2, 0.25) is 0 Å². The lowest BCUT2D eigenvalue weighted by atomic mass is 9.75. The number of rotatable bonds is 6. The topological polar surface area (TPSA) is 77.8 Å². The molecule has 90 valence electrons. The van der Waals surface area contributed by atoms with Gasteiger partial charge in [0, 0.05) is 6.61 Å². The molecule has 0 aliphatic heterocycles. The van der Waals surface area contributed by atoms with Crippen LogP contribution in [0.2, 0.25) is 0 Å². The van der Waals surface area contributed by atoms with Crippen LogP contribution in [0.15, 0.2) is 0 Å². The van der Waals surface area contributed by atoms with E-state index in [1.54, 1.807) is 0 Å². The Bertz CT molecular complexity index is 221. The summed E-state index contributed by atoms with van der Waals surface area (Å²) in [5.74, 6) is -1.00. The van der Waals surface area contributed by atoms with Crippen LogP contribution in [0.25, 0.3) is 0 Å². The van der Waals surface area contributed by atoms with Gasteiger partial charge in [-0.3, -0.25) is 4.79 Å². The Kier molecular flexibility index (Phi) is 4.74. The third kappa shape index (κ3) is 4.18. The van der Waals surface area contributed by atoms with E-state index in [2.05, 4.69) is 0 Å². The Hall–Kier alpha value is -0.610. The van der Waals surface area contributed by atoms with Gasteiger partial charge in [0.25, 0.3) is 0 Å². The molecule has 1 unspecified atom stereocenters. The number of carboxylic acid groups (broad SMARTS) is 1. The molecule has 0 bridgehead atoms. The summed E-state index contributed by atoms with van der Waals surface area (Å²) in [6, 6.07) is 0. The van der Waals surface area contributed by atoms with Crippen LogP contribution in [0.4, 0.5) is 0 Å². The van der Waals surface area contributed by atoms with Crippen molar-refractivity contribution in [2.45, 2.75) is 46.6 Å². The second kappa shape index (κ2) is 4.94. The fourth-order valence-electron chi connectivity index (χ4n) is 1.33. The number of carbonyl (C=O) groups is 1. The first-order valence-electron chi connectivity index (χ1n) is 5.16. The van der Waals surface area contributed by atoms with Gasteiger partial charge in [-0.25, -0.2) is 0 Å². The maximum absolute atomic E-state index is 10.9. The number of hydrogen-bond donors (Lipinski definition) is 3. The van der Waals surface area contributed by atoms with Crippen LogP contribution in [0.3, 0.4) is 0 Å². The molecule has 0 spiro atoms. The molecule has 0 saturated heterocycles. The Morgan fingerprint density at radius 3 is 2.07 bits per heavy atom. The fraction of sp³-hybridized carbons (Fsp3) is 0.909. The second-order valence-corrected chi connectivity index (χ2v) is 5.38. The summed E-state index contributed by atoms with van der Waals surface area (Å²) in [5.41, 5.74) is -1.40. The Morgan fingerprint density at radius 2 is 1.73 bits per heavy atom. The van der Waals surface area contributed by atoms with Crippen LogP contribution in [0.1, 0.15) is 40.5 Å². The van der Waals surface area contributed by atoms with E-state index in [0.29, 0.717) is 12.8 Å². The normalized spacial score (nSPS) is 15.1. The summed E-state index contributed by atoms with van der Waals surface area (Å²) in [4.78, 5) is 10.9. The van der Waals surface area contributed by atoms with Gasteiger partial charge in [-0.2, -0.15) is 0 Å². The van der Waals surface area contributed by atoms with E-state index in [0.717, 1.165) is 0 Å². The summed E-state index contributed by atoms with van der Waals surface area (Å²) in [5, 5.41) is 27.6. The van der Waals surface area contributed by atoms with E-state index in [1.807, 2.05) is 13.8 Å². The monoisotopic (exact) mass is 218 g/mol. The molecule has 0 fully saturated rings. The van der Waals surface area contributed by atoms with Crippen LogP contribution in [-0.4, -0.2) is 34.0 Å². The first kappa shape index (κ1) is 14.4. The predicted molar refractivity (Wildman–Crippen MR) is 57.5 cm³/mol. The van der Waals surface area contributed by atoms with Crippen molar-refractivity contribution in [1.82, 2.24) is 0 Å². The van der Waals surface area contributed by atoms with Crippen molar-refractivity contribution >= 4 is 5.97 Å². The Morgan fingerprint density at radius 1 is 1.27 bits per heavy atom. The molecule has 0 heterocycles. The van der Waals surface area contributed by atoms with Gasteiger partial charge in [0.1, 0.15) is 0 Å². The first-order valence-corrected chi connectivity index (χ1v) is 5.16. The average Bonchev–Trinajstić information content (AvgIpc) is 2.02. The molecule has 4 heteroatoms. The molecule has 4 nitrogen and oxygen atoms in total. The highest BCUT2D eigenvalue weighted by Gasteiger charge is 2.38. The number of carboxylic acids is 1. The lowest BCUT2D eigenvalue weighted by Crippen LogP contribution is -2.40. The van der Waals surface area contributed by atoms with Gasteiger partial charge in [-0.05, 0) is 32.1 Å². The fourth-order valence-corrected chi connectivity index (χ4v) is 1.33. The predicted octanol–water partition coefficient (Wildman–Crippen LogP) is 1.26. The minimum Gasteiger partial charge on any atom is -0.481 e. The largest absolute Gasteiger partial charge is 0.481 e. The lowest BCUT2D eigenvalue weighted by Gasteiger charge is -2.33. The van der Waals surface area contributed by atoms with Crippen LogP contribution in [0, 0.1) is 10.8 Å². The highest BCUT2D eigenvalue weighted by Crippen LogP contribution is 2.33. The zero-order valence-electron chi connectivity index (χ0n) is 9.95. The molecule has 0 aromatic rings. The quantitative estimate of drug-likeness (QED) is 0.627. The molecule has 0 aromatic carbocycles. The van der Waals surface area contributed by atoms with Crippen LogP contribution >= 0.6 is 0 Å². The van der Waals surface area contributed by atoms with Gasteiger partial charge < -0.3 is 15.3 Å². The van der Waals surface area contributed by atoms with E-state index >= 15 is 0 Å². The number of hydrogen-bond acceptors (Lipinski definition) is 3. The number of aliphatic hydroxyl groups excluding tert-OH is 2. The molecule has 0 aliphatic rings. The van der Waals surface area contributed by atoms with Crippen molar-refractivity contribution in [2.24, 2.45) is 10.8 Å². The van der Waals surface area contributed by atoms with Gasteiger partial charge >= 0.3 is 5.97 Å². The summed E-state index contributed by atoms with van der Waals surface area (Å²) in [7, 11) is 0. The van der Waals surface area contributed by atoms with Crippen LogP contribution in [-0.2, 0) is 4.79 Å².